The lowest BCUT2D eigenvalue weighted by Crippen LogP contribution is -2.13. The van der Waals surface area contributed by atoms with Crippen LogP contribution >= 0.6 is 0 Å². The molecule has 1 rings (SSSR count). The monoisotopic (exact) mass is 296 g/mol. The summed E-state index contributed by atoms with van der Waals surface area (Å²) in [4.78, 5) is 31.3. The zero-order valence-corrected chi connectivity index (χ0v) is 12.5. The first-order chi connectivity index (χ1) is 10.0. The normalized spacial score (nSPS) is 10.0. The van der Waals surface area contributed by atoms with E-state index in [0.29, 0.717) is 5.56 Å². The van der Waals surface area contributed by atoms with Crippen LogP contribution in [0.1, 0.15) is 47.7 Å². The molecule has 0 saturated carbocycles. The van der Waals surface area contributed by atoms with Crippen LogP contribution in [-0.2, 0) is 19.6 Å². The van der Waals surface area contributed by atoms with Crippen LogP contribution < -0.4 is 0 Å². The summed E-state index contributed by atoms with van der Waals surface area (Å²) in [5.41, 5.74) is 2.10. The average molecular weight is 296 g/mol. The number of carbonyl (C=O) groups excluding carboxylic acids is 2. The van der Waals surface area contributed by atoms with Gasteiger partial charge in [0.2, 0.25) is 0 Å². The molecule has 116 valence electrons. The molecule has 0 aliphatic heterocycles. The second-order valence-corrected chi connectivity index (χ2v) is 4.65. The van der Waals surface area contributed by atoms with E-state index in [2.05, 4.69) is 14.8 Å². The molecule has 0 amide bonds. The predicted molar refractivity (Wildman–Crippen MR) is 74.4 cm³/mol. The molecular formula is C15H20O6. The number of hydrogen-bond acceptors (Lipinski definition) is 6. The Kier molecular flexibility index (Phi) is 7.25. The molecule has 6 heteroatoms. The van der Waals surface area contributed by atoms with Gasteiger partial charge >= 0.3 is 12.1 Å². The van der Waals surface area contributed by atoms with Crippen LogP contribution in [0.25, 0.3) is 0 Å². The van der Waals surface area contributed by atoms with Gasteiger partial charge in [-0.3, -0.25) is 4.89 Å². The minimum atomic E-state index is -1.04. The maximum absolute atomic E-state index is 11.7. The lowest BCUT2D eigenvalue weighted by atomic mass is 10.1. The molecule has 0 aliphatic rings. The number of carbonyl (C=O) groups is 2. The molecule has 0 aliphatic carbocycles. The van der Waals surface area contributed by atoms with E-state index in [1.807, 2.05) is 19.9 Å². The standard InChI is InChI=1S/C15H20O6/c1-4-5-6-9-18-15(17)20-21-19-14(16)13-8-7-11(2)10-12(13)3/h7-8,10H,4-6,9H2,1-3H3. The van der Waals surface area contributed by atoms with E-state index in [0.717, 1.165) is 30.4 Å². The highest BCUT2D eigenvalue weighted by molar-refractivity contribution is 5.90. The summed E-state index contributed by atoms with van der Waals surface area (Å²) in [7, 11) is 0. The molecule has 6 nitrogen and oxygen atoms in total. The van der Waals surface area contributed by atoms with Crippen molar-refractivity contribution in [2.75, 3.05) is 6.61 Å². The number of rotatable bonds is 7. The van der Waals surface area contributed by atoms with Crippen LogP contribution in [0.4, 0.5) is 4.79 Å². The van der Waals surface area contributed by atoms with E-state index in [1.165, 1.54) is 0 Å². The average Bonchev–Trinajstić information content (AvgIpc) is 2.43. The van der Waals surface area contributed by atoms with Crippen molar-refractivity contribution in [2.45, 2.75) is 40.0 Å². The van der Waals surface area contributed by atoms with Crippen LogP contribution in [0.15, 0.2) is 18.2 Å². The highest BCUT2D eigenvalue weighted by Gasteiger charge is 2.14. The second kappa shape index (κ2) is 8.97. The Morgan fingerprint density at radius 1 is 1.10 bits per heavy atom. The largest absolute Gasteiger partial charge is 0.543 e. The number of unbranched alkanes of at least 4 members (excludes halogenated alkanes) is 2. The first-order valence-corrected chi connectivity index (χ1v) is 6.84. The van der Waals surface area contributed by atoms with Gasteiger partial charge in [0.25, 0.3) is 0 Å². The van der Waals surface area contributed by atoms with E-state index in [1.54, 1.807) is 19.1 Å². The van der Waals surface area contributed by atoms with Crippen LogP contribution in [0.2, 0.25) is 0 Å². The summed E-state index contributed by atoms with van der Waals surface area (Å²) in [6.07, 6.45) is 1.67. The minimum Gasteiger partial charge on any atom is -0.432 e. The Morgan fingerprint density at radius 3 is 2.52 bits per heavy atom. The van der Waals surface area contributed by atoms with Gasteiger partial charge in [-0.15, -0.1) is 0 Å². The number of benzene rings is 1. The van der Waals surface area contributed by atoms with Crippen molar-refractivity contribution in [3.8, 4) is 0 Å². The maximum Gasteiger partial charge on any atom is 0.543 e. The second-order valence-electron chi connectivity index (χ2n) is 4.65. The maximum atomic E-state index is 11.7. The van der Waals surface area contributed by atoms with Crippen molar-refractivity contribution in [2.24, 2.45) is 0 Å². The van der Waals surface area contributed by atoms with Gasteiger partial charge in [-0.05, 0) is 31.9 Å². The number of aryl methyl sites for hydroxylation is 2. The Hall–Kier alpha value is -2.08. The number of hydrogen-bond donors (Lipinski definition) is 0. The summed E-state index contributed by atoms with van der Waals surface area (Å²) in [5, 5.41) is 4.13. The summed E-state index contributed by atoms with van der Waals surface area (Å²) < 4.78 is 4.69. The SMILES string of the molecule is CCCCCOC(=O)OOOC(=O)c1ccc(C)cc1C. The molecule has 1 aromatic carbocycles. The summed E-state index contributed by atoms with van der Waals surface area (Å²) >= 11 is 0. The zero-order chi connectivity index (χ0) is 15.7. The highest BCUT2D eigenvalue weighted by Crippen LogP contribution is 2.12. The highest BCUT2D eigenvalue weighted by atomic mass is 17.5. The lowest BCUT2D eigenvalue weighted by molar-refractivity contribution is -0.452. The molecule has 1 aromatic rings. The van der Waals surface area contributed by atoms with Crippen LogP contribution in [0.5, 0.6) is 0 Å². The molecule has 0 aromatic heterocycles. The van der Waals surface area contributed by atoms with Crippen LogP contribution in [0.3, 0.4) is 0 Å². The summed E-state index contributed by atoms with van der Waals surface area (Å²) in [6.45, 7) is 5.96. The molecule has 0 saturated heterocycles. The molecular weight excluding hydrogens is 276 g/mol. The Labute approximate surface area is 123 Å². The van der Waals surface area contributed by atoms with Gasteiger partial charge in [0.1, 0.15) is 0 Å². The molecule has 0 bridgehead atoms. The molecule has 0 radical (unpaired) electrons. The minimum absolute atomic E-state index is 0.237. The van der Waals surface area contributed by atoms with Crippen LogP contribution in [0, 0.1) is 13.8 Å². The lowest BCUT2D eigenvalue weighted by Gasteiger charge is -2.06. The van der Waals surface area contributed by atoms with Crippen molar-refractivity contribution >= 4 is 12.1 Å². The first kappa shape index (κ1) is 17.0. The van der Waals surface area contributed by atoms with Crippen molar-refractivity contribution in [1.29, 1.82) is 0 Å². The van der Waals surface area contributed by atoms with E-state index in [-0.39, 0.29) is 6.61 Å². The molecule has 21 heavy (non-hydrogen) atoms. The molecule has 0 heterocycles. The molecule has 0 atom stereocenters. The molecule has 0 spiro atoms. The fraction of sp³-hybridized carbons (Fsp3) is 0.467. The van der Waals surface area contributed by atoms with Crippen molar-refractivity contribution in [3.63, 3.8) is 0 Å². The van der Waals surface area contributed by atoms with E-state index in [9.17, 15) is 9.59 Å². The molecule has 0 unspecified atom stereocenters. The Balaban J connectivity index is 2.28. The zero-order valence-electron chi connectivity index (χ0n) is 12.5. The van der Waals surface area contributed by atoms with Gasteiger partial charge in [-0.25, -0.2) is 14.5 Å². The van der Waals surface area contributed by atoms with E-state index >= 15 is 0 Å². The quantitative estimate of drug-likeness (QED) is 0.331. The number of ether oxygens (including phenoxy) is 1. The third-order valence-electron chi connectivity index (χ3n) is 2.78. The molecule has 0 fully saturated rings. The van der Waals surface area contributed by atoms with Gasteiger partial charge in [0.05, 0.1) is 17.2 Å². The third kappa shape index (κ3) is 6.27. The summed E-state index contributed by atoms with van der Waals surface area (Å²) in [5.74, 6) is -0.744. The Morgan fingerprint density at radius 2 is 1.86 bits per heavy atom. The topological polar surface area (TPSA) is 71.1 Å². The fourth-order valence-electron chi connectivity index (χ4n) is 1.69. The van der Waals surface area contributed by atoms with Gasteiger partial charge in [0.15, 0.2) is 0 Å². The van der Waals surface area contributed by atoms with Gasteiger partial charge < -0.3 is 4.74 Å². The van der Waals surface area contributed by atoms with E-state index in [4.69, 9.17) is 4.74 Å². The third-order valence-corrected chi connectivity index (χ3v) is 2.78. The van der Waals surface area contributed by atoms with Gasteiger partial charge in [-0.2, -0.15) is 0 Å². The van der Waals surface area contributed by atoms with Gasteiger partial charge in [0, 0.05) is 0 Å². The summed E-state index contributed by atoms with van der Waals surface area (Å²) in [6, 6.07) is 5.21. The predicted octanol–water partition coefficient (Wildman–Crippen LogP) is 3.65. The molecule has 0 N–H and O–H groups in total. The Bertz CT molecular complexity index is 483. The van der Waals surface area contributed by atoms with Crippen molar-refractivity contribution in [1.82, 2.24) is 0 Å². The van der Waals surface area contributed by atoms with Gasteiger partial charge in [-0.1, -0.05) is 37.5 Å². The van der Waals surface area contributed by atoms with Crippen molar-refractivity contribution < 1.29 is 29.1 Å². The smallest absolute Gasteiger partial charge is 0.432 e. The van der Waals surface area contributed by atoms with Crippen LogP contribution in [-0.4, -0.2) is 18.7 Å². The fourth-order valence-corrected chi connectivity index (χ4v) is 1.69. The van der Waals surface area contributed by atoms with E-state index < -0.39 is 12.1 Å². The van der Waals surface area contributed by atoms with Crippen molar-refractivity contribution in [3.05, 3.63) is 34.9 Å². The first-order valence-electron chi connectivity index (χ1n) is 6.84.